The summed E-state index contributed by atoms with van der Waals surface area (Å²) in [5.41, 5.74) is 0.678. The number of benzene rings is 1. The van der Waals surface area contributed by atoms with Crippen molar-refractivity contribution >= 4 is 28.5 Å². The molecule has 13 heavy (non-hydrogen) atoms. The second kappa shape index (κ2) is 4.18. The van der Waals surface area contributed by atoms with Gasteiger partial charge in [-0.25, -0.2) is 0 Å². The van der Waals surface area contributed by atoms with Crippen LogP contribution in [0.4, 0.5) is 0 Å². The van der Waals surface area contributed by atoms with Crippen LogP contribution in [0.5, 0.6) is 5.75 Å². The predicted molar refractivity (Wildman–Crippen MR) is 51.5 cm³/mol. The molecule has 4 heteroatoms. The van der Waals surface area contributed by atoms with Gasteiger partial charge in [0, 0.05) is 11.1 Å². The highest BCUT2D eigenvalue weighted by molar-refractivity contribution is 9.10. The number of carbonyl (C=O) groups is 2. The van der Waals surface area contributed by atoms with Crippen LogP contribution in [0.2, 0.25) is 0 Å². The van der Waals surface area contributed by atoms with Crippen LogP contribution in [0.1, 0.15) is 20.7 Å². The Morgan fingerprint density at radius 2 is 1.77 bits per heavy atom. The number of carbonyl (C=O) groups excluding carboxylic acids is 2. The monoisotopic (exact) mass is 242 g/mol. The molecule has 0 aromatic heterocycles. The maximum Gasteiger partial charge on any atom is 0.150 e. The minimum atomic E-state index is 0.329. The zero-order valence-electron chi connectivity index (χ0n) is 6.91. The van der Waals surface area contributed by atoms with Crippen molar-refractivity contribution in [1.29, 1.82) is 0 Å². The van der Waals surface area contributed by atoms with Crippen molar-refractivity contribution in [3.05, 3.63) is 27.7 Å². The molecule has 0 radical (unpaired) electrons. The lowest BCUT2D eigenvalue weighted by atomic mass is 10.1. The number of methoxy groups -OCH3 is 1. The summed E-state index contributed by atoms with van der Waals surface area (Å²) in [4.78, 5) is 21.1. The van der Waals surface area contributed by atoms with Crippen LogP contribution in [0.25, 0.3) is 0 Å². The van der Waals surface area contributed by atoms with Gasteiger partial charge in [-0.05, 0) is 28.1 Å². The highest BCUT2D eigenvalue weighted by Crippen LogP contribution is 2.27. The molecule has 0 saturated heterocycles. The minimum absolute atomic E-state index is 0.329. The Kier molecular flexibility index (Phi) is 3.19. The molecule has 0 aliphatic carbocycles. The summed E-state index contributed by atoms with van der Waals surface area (Å²) >= 11 is 3.21. The number of ether oxygens (including phenoxy) is 1. The molecule has 68 valence electrons. The zero-order valence-corrected chi connectivity index (χ0v) is 8.50. The van der Waals surface area contributed by atoms with Gasteiger partial charge in [0.1, 0.15) is 5.75 Å². The lowest BCUT2D eigenvalue weighted by molar-refractivity contribution is 0.109. The van der Waals surface area contributed by atoms with Crippen LogP contribution < -0.4 is 4.74 Å². The van der Waals surface area contributed by atoms with Crippen LogP contribution in [0.15, 0.2) is 16.6 Å². The van der Waals surface area contributed by atoms with Gasteiger partial charge < -0.3 is 4.74 Å². The Morgan fingerprint density at radius 1 is 1.23 bits per heavy atom. The van der Waals surface area contributed by atoms with Gasteiger partial charge >= 0.3 is 0 Å². The fraction of sp³-hybridized carbons (Fsp3) is 0.111. The van der Waals surface area contributed by atoms with Gasteiger partial charge in [0.25, 0.3) is 0 Å². The van der Waals surface area contributed by atoms with E-state index >= 15 is 0 Å². The van der Waals surface area contributed by atoms with E-state index in [1.54, 1.807) is 6.07 Å². The van der Waals surface area contributed by atoms with E-state index in [1.165, 1.54) is 13.2 Å². The Balaban J connectivity index is 3.34. The first kappa shape index (κ1) is 9.92. The van der Waals surface area contributed by atoms with Crippen LogP contribution in [-0.4, -0.2) is 19.7 Å². The zero-order chi connectivity index (χ0) is 9.84. The summed E-state index contributed by atoms with van der Waals surface area (Å²) in [7, 11) is 1.50. The van der Waals surface area contributed by atoms with Gasteiger partial charge in [0.2, 0.25) is 0 Å². The Morgan fingerprint density at radius 3 is 2.23 bits per heavy atom. The number of rotatable bonds is 3. The number of hydrogen-bond donors (Lipinski definition) is 0. The van der Waals surface area contributed by atoms with Crippen LogP contribution in [0, 0.1) is 0 Å². The van der Waals surface area contributed by atoms with E-state index in [-0.39, 0.29) is 0 Å². The van der Waals surface area contributed by atoms with Gasteiger partial charge in [0.15, 0.2) is 12.6 Å². The van der Waals surface area contributed by atoms with Crippen LogP contribution in [-0.2, 0) is 0 Å². The van der Waals surface area contributed by atoms with Crippen molar-refractivity contribution in [1.82, 2.24) is 0 Å². The second-order valence-corrected chi connectivity index (χ2v) is 3.21. The van der Waals surface area contributed by atoms with Gasteiger partial charge in [-0.2, -0.15) is 0 Å². The molecule has 0 unspecified atom stereocenters. The van der Waals surface area contributed by atoms with E-state index in [2.05, 4.69) is 15.9 Å². The lowest BCUT2D eigenvalue weighted by Gasteiger charge is -2.04. The Labute approximate surface area is 83.8 Å². The molecule has 0 atom stereocenters. The first-order chi connectivity index (χ1) is 6.22. The van der Waals surface area contributed by atoms with Gasteiger partial charge in [-0.15, -0.1) is 0 Å². The van der Waals surface area contributed by atoms with Crippen molar-refractivity contribution in [2.75, 3.05) is 7.11 Å². The SMILES string of the molecule is COc1cc(C=O)c(C=O)cc1Br. The van der Waals surface area contributed by atoms with E-state index in [1.807, 2.05) is 0 Å². The molecule has 1 rings (SSSR count). The molecule has 0 N–H and O–H groups in total. The van der Waals surface area contributed by atoms with Crippen molar-refractivity contribution in [3.63, 3.8) is 0 Å². The molecule has 1 aromatic rings. The molecule has 0 amide bonds. The average molecular weight is 243 g/mol. The fourth-order valence-electron chi connectivity index (χ4n) is 0.945. The van der Waals surface area contributed by atoms with Gasteiger partial charge in [-0.1, -0.05) is 0 Å². The summed E-state index contributed by atoms with van der Waals surface area (Å²) in [6, 6.07) is 3.07. The van der Waals surface area contributed by atoms with Gasteiger partial charge in [-0.3, -0.25) is 9.59 Å². The van der Waals surface area contributed by atoms with E-state index in [0.29, 0.717) is 33.9 Å². The molecule has 1 aromatic carbocycles. The Hall–Kier alpha value is -1.16. The molecular weight excluding hydrogens is 236 g/mol. The third-order valence-electron chi connectivity index (χ3n) is 1.61. The van der Waals surface area contributed by atoms with E-state index in [4.69, 9.17) is 4.74 Å². The quantitative estimate of drug-likeness (QED) is 0.763. The van der Waals surface area contributed by atoms with E-state index in [0.717, 1.165) is 0 Å². The number of aldehydes is 2. The first-order valence-corrected chi connectivity index (χ1v) is 4.30. The van der Waals surface area contributed by atoms with E-state index < -0.39 is 0 Å². The molecular formula is C9H7BrO3. The molecule has 0 spiro atoms. The smallest absolute Gasteiger partial charge is 0.150 e. The fourth-order valence-corrected chi connectivity index (χ4v) is 1.47. The lowest BCUT2D eigenvalue weighted by Crippen LogP contribution is -1.93. The molecule has 0 heterocycles. The molecule has 0 saturated carbocycles. The summed E-state index contributed by atoms with van der Waals surface area (Å²) in [5.74, 6) is 0.535. The summed E-state index contributed by atoms with van der Waals surface area (Å²) < 4.78 is 5.62. The van der Waals surface area contributed by atoms with Crippen molar-refractivity contribution < 1.29 is 14.3 Å². The molecule has 0 aliphatic heterocycles. The largest absolute Gasteiger partial charge is 0.496 e. The first-order valence-electron chi connectivity index (χ1n) is 3.50. The summed E-state index contributed by atoms with van der Waals surface area (Å²) in [5, 5.41) is 0. The van der Waals surface area contributed by atoms with Gasteiger partial charge in [0.05, 0.1) is 11.6 Å². The second-order valence-electron chi connectivity index (χ2n) is 2.35. The number of halogens is 1. The Bertz CT molecular complexity index is 347. The summed E-state index contributed by atoms with van der Waals surface area (Å²) in [6.07, 6.45) is 1.26. The maximum atomic E-state index is 10.5. The summed E-state index contributed by atoms with van der Waals surface area (Å²) in [6.45, 7) is 0. The third kappa shape index (κ3) is 1.95. The number of hydrogen-bond acceptors (Lipinski definition) is 3. The highest BCUT2D eigenvalue weighted by Gasteiger charge is 2.06. The topological polar surface area (TPSA) is 43.4 Å². The van der Waals surface area contributed by atoms with Crippen molar-refractivity contribution in [2.45, 2.75) is 0 Å². The third-order valence-corrected chi connectivity index (χ3v) is 2.23. The van der Waals surface area contributed by atoms with Crippen molar-refractivity contribution in [3.8, 4) is 5.75 Å². The molecule has 0 fully saturated rings. The van der Waals surface area contributed by atoms with Crippen molar-refractivity contribution in [2.24, 2.45) is 0 Å². The molecule has 3 nitrogen and oxygen atoms in total. The molecule has 0 aliphatic rings. The standard InChI is InChI=1S/C9H7BrO3/c1-13-9-3-7(5-12)6(4-11)2-8(9)10/h2-5H,1H3. The minimum Gasteiger partial charge on any atom is -0.496 e. The average Bonchev–Trinajstić information content (AvgIpc) is 2.17. The molecule has 0 bridgehead atoms. The van der Waals surface area contributed by atoms with Crippen LogP contribution in [0.3, 0.4) is 0 Å². The van der Waals surface area contributed by atoms with Crippen LogP contribution >= 0.6 is 15.9 Å². The predicted octanol–water partition coefficient (Wildman–Crippen LogP) is 2.08. The van der Waals surface area contributed by atoms with E-state index in [9.17, 15) is 9.59 Å². The highest BCUT2D eigenvalue weighted by atomic mass is 79.9. The normalized spacial score (nSPS) is 9.38. The maximum absolute atomic E-state index is 10.5.